The van der Waals surface area contributed by atoms with E-state index in [9.17, 15) is 0 Å². The van der Waals surface area contributed by atoms with Crippen molar-refractivity contribution >= 4 is 0 Å². The molecule has 1 aromatic carbocycles. The zero-order chi connectivity index (χ0) is 13.8. The highest BCUT2D eigenvalue weighted by Gasteiger charge is 2.14. The van der Waals surface area contributed by atoms with Gasteiger partial charge in [0.25, 0.3) is 0 Å². The van der Waals surface area contributed by atoms with Gasteiger partial charge in [0.05, 0.1) is 27.0 Å². The van der Waals surface area contributed by atoms with Crippen molar-refractivity contribution in [3.63, 3.8) is 0 Å². The topological polar surface area (TPSA) is 40.6 Å². The Hall–Kier alpha value is -2.23. The highest BCUT2D eigenvalue weighted by Crippen LogP contribution is 2.40. The molecule has 0 aliphatic carbocycles. The van der Waals surface area contributed by atoms with E-state index >= 15 is 0 Å². The Balaban J connectivity index is 2.59. The molecule has 0 N–H and O–H groups in total. The van der Waals surface area contributed by atoms with Crippen LogP contribution in [0.2, 0.25) is 0 Å². The second-order valence-corrected chi connectivity index (χ2v) is 4.13. The van der Waals surface area contributed by atoms with Gasteiger partial charge in [-0.25, -0.2) is 0 Å². The monoisotopic (exact) mass is 259 g/mol. The van der Waals surface area contributed by atoms with E-state index in [0.29, 0.717) is 17.2 Å². The second-order valence-electron chi connectivity index (χ2n) is 4.13. The number of rotatable bonds is 4. The molecule has 1 heterocycles. The van der Waals surface area contributed by atoms with Gasteiger partial charge >= 0.3 is 0 Å². The Bertz CT molecular complexity index is 556. The molecule has 1 aromatic heterocycles. The molecule has 2 rings (SSSR count). The van der Waals surface area contributed by atoms with Crippen molar-refractivity contribution in [2.75, 3.05) is 21.3 Å². The average Bonchev–Trinajstić information content (AvgIpc) is 2.45. The second kappa shape index (κ2) is 5.61. The van der Waals surface area contributed by atoms with E-state index in [1.807, 2.05) is 31.2 Å². The van der Waals surface area contributed by atoms with Gasteiger partial charge in [0.1, 0.15) is 0 Å². The summed E-state index contributed by atoms with van der Waals surface area (Å²) >= 11 is 0. The third-order valence-electron chi connectivity index (χ3n) is 2.88. The van der Waals surface area contributed by atoms with E-state index in [0.717, 1.165) is 16.8 Å². The van der Waals surface area contributed by atoms with Crippen LogP contribution in [0.3, 0.4) is 0 Å². The molecule has 2 aromatic rings. The molecule has 100 valence electrons. The van der Waals surface area contributed by atoms with Crippen molar-refractivity contribution in [1.82, 2.24) is 4.98 Å². The molecule has 19 heavy (non-hydrogen) atoms. The van der Waals surface area contributed by atoms with Gasteiger partial charge in [0.2, 0.25) is 5.75 Å². The standard InChI is InChI=1S/C15H17NO3/c1-10-5-6-16-12(7-10)11-8-13(17-2)15(19-4)14(9-11)18-3/h5-9H,1-4H3. The number of hydrogen-bond acceptors (Lipinski definition) is 4. The van der Waals surface area contributed by atoms with Gasteiger partial charge in [-0.05, 0) is 36.8 Å². The van der Waals surface area contributed by atoms with Gasteiger partial charge in [-0.1, -0.05) is 0 Å². The number of aromatic nitrogens is 1. The lowest BCUT2D eigenvalue weighted by atomic mass is 10.1. The number of pyridine rings is 1. The van der Waals surface area contributed by atoms with Crippen molar-refractivity contribution in [1.29, 1.82) is 0 Å². The number of ether oxygens (including phenoxy) is 3. The van der Waals surface area contributed by atoms with Gasteiger partial charge in [-0.3, -0.25) is 4.98 Å². The Morgan fingerprint density at radius 2 is 1.53 bits per heavy atom. The fourth-order valence-electron chi connectivity index (χ4n) is 1.92. The summed E-state index contributed by atoms with van der Waals surface area (Å²) in [4.78, 5) is 4.36. The molecule has 0 bridgehead atoms. The molecule has 0 spiro atoms. The van der Waals surface area contributed by atoms with Crippen molar-refractivity contribution in [2.45, 2.75) is 6.92 Å². The SMILES string of the molecule is COc1cc(-c2cc(C)ccn2)cc(OC)c1OC. The quantitative estimate of drug-likeness (QED) is 0.846. The van der Waals surface area contributed by atoms with Crippen LogP contribution in [0.1, 0.15) is 5.56 Å². The largest absolute Gasteiger partial charge is 0.493 e. The minimum absolute atomic E-state index is 0.585. The van der Waals surface area contributed by atoms with Crippen LogP contribution in [-0.4, -0.2) is 26.3 Å². The first-order valence-corrected chi connectivity index (χ1v) is 5.92. The molecule has 4 nitrogen and oxygen atoms in total. The lowest BCUT2D eigenvalue weighted by Crippen LogP contribution is -1.96. The maximum Gasteiger partial charge on any atom is 0.203 e. The number of hydrogen-bond donors (Lipinski definition) is 0. The summed E-state index contributed by atoms with van der Waals surface area (Å²) in [7, 11) is 4.79. The fraction of sp³-hybridized carbons (Fsp3) is 0.267. The highest BCUT2D eigenvalue weighted by molar-refractivity contribution is 5.68. The Morgan fingerprint density at radius 3 is 2.00 bits per heavy atom. The predicted octanol–water partition coefficient (Wildman–Crippen LogP) is 3.08. The minimum Gasteiger partial charge on any atom is -0.493 e. The van der Waals surface area contributed by atoms with Crippen LogP contribution < -0.4 is 14.2 Å². The summed E-state index contributed by atoms with van der Waals surface area (Å²) in [6, 6.07) is 7.76. The minimum atomic E-state index is 0.585. The molecule has 0 atom stereocenters. The van der Waals surface area contributed by atoms with Crippen molar-refractivity contribution in [3.8, 4) is 28.5 Å². The molecular weight excluding hydrogens is 242 g/mol. The third kappa shape index (κ3) is 2.62. The number of nitrogens with zero attached hydrogens (tertiary/aromatic N) is 1. The van der Waals surface area contributed by atoms with E-state index in [-0.39, 0.29) is 0 Å². The first-order chi connectivity index (χ1) is 9.19. The van der Waals surface area contributed by atoms with Crippen molar-refractivity contribution in [3.05, 3.63) is 36.0 Å². The molecule has 0 fully saturated rings. The van der Waals surface area contributed by atoms with Gasteiger partial charge in [0.15, 0.2) is 11.5 Å². The van der Waals surface area contributed by atoms with Gasteiger partial charge in [-0.15, -0.1) is 0 Å². The number of methoxy groups -OCH3 is 3. The molecule has 0 aliphatic heterocycles. The van der Waals surface area contributed by atoms with Crippen LogP contribution in [0.4, 0.5) is 0 Å². The summed E-state index contributed by atoms with van der Waals surface area (Å²) in [5.74, 6) is 1.83. The van der Waals surface area contributed by atoms with Crippen LogP contribution in [0.15, 0.2) is 30.5 Å². The molecule has 0 saturated carbocycles. The fourth-order valence-corrected chi connectivity index (χ4v) is 1.92. The van der Waals surface area contributed by atoms with E-state index in [1.165, 1.54) is 0 Å². The first-order valence-electron chi connectivity index (χ1n) is 5.92. The van der Waals surface area contributed by atoms with Crippen LogP contribution in [0.25, 0.3) is 11.3 Å². The maximum absolute atomic E-state index is 5.34. The van der Waals surface area contributed by atoms with Gasteiger partial charge in [0, 0.05) is 11.8 Å². The third-order valence-corrected chi connectivity index (χ3v) is 2.88. The summed E-state index contributed by atoms with van der Waals surface area (Å²) in [5.41, 5.74) is 2.95. The Morgan fingerprint density at radius 1 is 0.895 bits per heavy atom. The first kappa shape index (κ1) is 13.2. The van der Waals surface area contributed by atoms with Crippen LogP contribution >= 0.6 is 0 Å². The van der Waals surface area contributed by atoms with Crippen molar-refractivity contribution < 1.29 is 14.2 Å². The number of aryl methyl sites for hydroxylation is 1. The lowest BCUT2D eigenvalue weighted by Gasteiger charge is -2.14. The molecular formula is C15H17NO3. The molecule has 0 aliphatic rings. The zero-order valence-electron chi connectivity index (χ0n) is 11.6. The maximum atomic E-state index is 5.34. The van der Waals surface area contributed by atoms with E-state index in [4.69, 9.17) is 14.2 Å². The molecule has 0 amide bonds. The van der Waals surface area contributed by atoms with Crippen LogP contribution in [0.5, 0.6) is 17.2 Å². The summed E-state index contributed by atoms with van der Waals surface area (Å²) in [6.45, 7) is 2.03. The summed E-state index contributed by atoms with van der Waals surface area (Å²) in [5, 5.41) is 0. The highest BCUT2D eigenvalue weighted by atomic mass is 16.5. The van der Waals surface area contributed by atoms with Crippen LogP contribution in [-0.2, 0) is 0 Å². The number of benzene rings is 1. The summed E-state index contributed by atoms with van der Waals surface area (Å²) < 4.78 is 16.0. The van der Waals surface area contributed by atoms with E-state index in [1.54, 1.807) is 27.5 Å². The Kier molecular flexibility index (Phi) is 3.90. The normalized spacial score (nSPS) is 10.1. The molecule has 4 heteroatoms. The molecule has 0 radical (unpaired) electrons. The zero-order valence-corrected chi connectivity index (χ0v) is 11.6. The lowest BCUT2D eigenvalue weighted by molar-refractivity contribution is 0.324. The van der Waals surface area contributed by atoms with Gasteiger partial charge in [-0.2, -0.15) is 0 Å². The van der Waals surface area contributed by atoms with Crippen LogP contribution in [0, 0.1) is 6.92 Å². The Labute approximate surface area is 113 Å². The van der Waals surface area contributed by atoms with E-state index < -0.39 is 0 Å². The average molecular weight is 259 g/mol. The molecule has 0 unspecified atom stereocenters. The van der Waals surface area contributed by atoms with E-state index in [2.05, 4.69) is 4.98 Å². The summed E-state index contributed by atoms with van der Waals surface area (Å²) in [6.07, 6.45) is 1.79. The van der Waals surface area contributed by atoms with Gasteiger partial charge < -0.3 is 14.2 Å². The predicted molar refractivity (Wildman–Crippen MR) is 74.1 cm³/mol. The smallest absolute Gasteiger partial charge is 0.203 e. The molecule has 0 saturated heterocycles. The van der Waals surface area contributed by atoms with Crippen molar-refractivity contribution in [2.24, 2.45) is 0 Å².